The van der Waals surface area contributed by atoms with Gasteiger partial charge in [0.05, 0.1) is 4.92 Å². The van der Waals surface area contributed by atoms with Crippen LogP contribution in [-0.2, 0) is 0 Å². The fourth-order valence-corrected chi connectivity index (χ4v) is 0.924. The van der Waals surface area contributed by atoms with Crippen LogP contribution in [0.15, 0.2) is 30.3 Å². The molecule has 4 nitrogen and oxygen atoms in total. The molecular weight excluding hydrogens is 177 g/mol. The highest BCUT2D eigenvalue weighted by Gasteiger charge is 2.29. The number of halogens is 1. The maximum Gasteiger partial charge on any atom is 0.379 e. The van der Waals surface area contributed by atoms with E-state index in [-0.39, 0.29) is 5.56 Å². The average molecular weight is 185 g/mol. The number of benzene rings is 1. The number of rotatable bonds is 3. The minimum Gasteiger partial charge on any atom is -0.379 e. The number of aliphatic hydroxyl groups is 1. The molecule has 1 N–H and O–H groups in total. The predicted octanol–water partition coefficient (Wildman–Crippen LogP) is 1.29. The Balaban J connectivity index is 2.79. The second kappa shape index (κ2) is 3.95. The monoisotopic (exact) mass is 185 g/mol. The molecule has 0 aliphatic carbocycles. The molecule has 0 aliphatic rings. The number of nitro groups is 1. The molecular formula is C8H8FNO3. The summed E-state index contributed by atoms with van der Waals surface area (Å²) in [6, 6.07) is 7.69. The first-order valence-corrected chi connectivity index (χ1v) is 3.63. The standard InChI is InChI=1S/C8H8FNO3/c9-8(10(12)13)7(11)6-4-2-1-3-5-6/h1-5,7-8,11H. The summed E-state index contributed by atoms with van der Waals surface area (Å²) < 4.78 is 12.7. The van der Waals surface area contributed by atoms with E-state index in [1.807, 2.05) is 0 Å². The van der Waals surface area contributed by atoms with E-state index in [1.165, 1.54) is 12.1 Å². The number of alkyl halides is 1. The van der Waals surface area contributed by atoms with Crippen LogP contribution in [-0.4, -0.2) is 16.3 Å². The molecule has 1 rings (SSSR count). The molecule has 13 heavy (non-hydrogen) atoms. The number of aliphatic hydroxyl groups excluding tert-OH is 1. The molecule has 1 aromatic rings. The van der Waals surface area contributed by atoms with Gasteiger partial charge in [-0.15, -0.1) is 0 Å². The van der Waals surface area contributed by atoms with Gasteiger partial charge in [-0.05, 0) is 5.56 Å². The van der Waals surface area contributed by atoms with E-state index in [2.05, 4.69) is 0 Å². The Hall–Kier alpha value is -1.49. The van der Waals surface area contributed by atoms with Crippen molar-refractivity contribution in [1.29, 1.82) is 0 Å². The Morgan fingerprint density at radius 3 is 2.38 bits per heavy atom. The van der Waals surface area contributed by atoms with Crippen molar-refractivity contribution in [3.8, 4) is 0 Å². The average Bonchev–Trinajstić information content (AvgIpc) is 2.17. The zero-order chi connectivity index (χ0) is 9.84. The van der Waals surface area contributed by atoms with Gasteiger partial charge < -0.3 is 5.11 Å². The SMILES string of the molecule is O=[N+]([O-])C(F)C(O)c1ccccc1. The lowest BCUT2D eigenvalue weighted by molar-refractivity contribution is -0.567. The van der Waals surface area contributed by atoms with Gasteiger partial charge in [0.15, 0.2) is 6.10 Å². The lowest BCUT2D eigenvalue weighted by Gasteiger charge is -2.08. The predicted molar refractivity (Wildman–Crippen MR) is 43.3 cm³/mol. The maximum atomic E-state index is 12.7. The van der Waals surface area contributed by atoms with E-state index in [9.17, 15) is 14.5 Å². The van der Waals surface area contributed by atoms with Crippen molar-refractivity contribution < 1.29 is 14.4 Å². The minimum absolute atomic E-state index is 0.201. The topological polar surface area (TPSA) is 63.4 Å². The normalized spacial score (nSPS) is 14.9. The molecule has 0 spiro atoms. The lowest BCUT2D eigenvalue weighted by Crippen LogP contribution is -2.22. The second-order valence-electron chi connectivity index (χ2n) is 2.51. The van der Waals surface area contributed by atoms with E-state index < -0.39 is 17.3 Å². The molecule has 70 valence electrons. The molecule has 5 heteroatoms. The van der Waals surface area contributed by atoms with Gasteiger partial charge in [0, 0.05) is 0 Å². The van der Waals surface area contributed by atoms with Crippen LogP contribution < -0.4 is 0 Å². The molecule has 1 aromatic carbocycles. The van der Waals surface area contributed by atoms with Crippen LogP contribution in [0.3, 0.4) is 0 Å². The fourth-order valence-electron chi connectivity index (χ4n) is 0.924. The van der Waals surface area contributed by atoms with E-state index in [0.717, 1.165) is 0 Å². The number of hydrogen-bond donors (Lipinski definition) is 1. The highest BCUT2D eigenvalue weighted by molar-refractivity contribution is 5.17. The van der Waals surface area contributed by atoms with Gasteiger partial charge in [-0.3, -0.25) is 10.1 Å². The zero-order valence-corrected chi connectivity index (χ0v) is 6.63. The van der Waals surface area contributed by atoms with Crippen LogP contribution in [0.25, 0.3) is 0 Å². The lowest BCUT2D eigenvalue weighted by atomic mass is 10.1. The van der Waals surface area contributed by atoms with Gasteiger partial charge in [0.25, 0.3) is 0 Å². The third-order valence-corrected chi connectivity index (χ3v) is 1.60. The van der Waals surface area contributed by atoms with Crippen molar-refractivity contribution in [3.63, 3.8) is 0 Å². The molecule has 0 saturated carbocycles. The Morgan fingerprint density at radius 2 is 1.92 bits per heavy atom. The second-order valence-corrected chi connectivity index (χ2v) is 2.51. The van der Waals surface area contributed by atoms with Crippen LogP contribution in [0.1, 0.15) is 11.7 Å². The summed E-state index contributed by atoms with van der Waals surface area (Å²) in [5.41, 5.74) is 0.201. The summed E-state index contributed by atoms with van der Waals surface area (Å²) in [4.78, 5) is 8.83. The molecule has 2 unspecified atom stereocenters. The Labute approximate surface area is 73.8 Å². The molecule has 0 aromatic heterocycles. The molecule has 0 aliphatic heterocycles. The van der Waals surface area contributed by atoms with Gasteiger partial charge in [0.1, 0.15) is 0 Å². The molecule has 0 bridgehead atoms. The van der Waals surface area contributed by atoms with Crippen molar-refractivity contribution in [2.75, 3.05) is 0 Å². The van der Waals surface area contributed by atoms with Gasteiger partial charge in [-0.1, -0.05) is 30.3 Å². The smallest absolute Gasteiger partial charge is 0.379 e. The maximum absolute atomic E-state index is 12.7. The van der Waals surface area contributed by atoms with Crippen LogP contribution in [0.4, 0.5) is 4.39 Å². The fraction of sp³-hybridized carbons (Fsp3) is 0.250. The number of hydrogen-bond acceptors (Lipinski definition) is 3. The van der Waals surface area contributed by atoms with Gasteiger partial charge in [0.2, 0.25) is 0 Å². The Morgan fingerprint density at radius 1 is 1.38 bits per heavy atom. The summed E-state index contributed by atoms with van der Waals surface area (Å²) in [5.74, 6) is 0. The van der Waals surface area contributed by atoms with Crippen LogP contribution >= 0.6 is 0 Å². The van der Waals surface area contributed by atoms with Gasteiger partial charge in [-0.2, -0.15) is 4.39 Å². The molecule has 0 radical (unpaired) electrons. The van der Waals surface area contributed by atoms with Crippen molar-refractivity contribution in [1.82, 2.24) is 0 Å². The first-order chi connectivity index (χ1) is 6.13. The summed E-state index contributed by atoms with van der Waals surface area (Å²) in [6.45, 7) is 0. The Kier molecular flexibility index (Phi) is 2.92. The Bertz CT molecular complexity index is 291. The molecule has 0 fully saturated rings. The minimum atomic E-state index is -2.47. The molecule has 0 saturated heterocycles. The van der Waals surface area contributed by atoms with Crippen molar-refractivity contribution in [2.45, 2.75) is 12.4 Å². The van der Waals surface area contributed by atoms with Crippen LogP contribution in [0, 0.1) is 10.1 Å². The first-order valence-electron chi connectivity index (χ1n) is 3.63. The van der Waals surface area contributed by atoms with Gasteiger partial charge >= 0.3 is 6.30 Å². The number of nitrogens with zero attached hydrogens (tertiary/aromatic N) is 1. The molecule has 0 amide bonds. The van der Waals surface area contributed by atoms with E-state index in [0.29, 0.717) is 0 Å². The van der Waals surface area contributed by atoms with E-state index in [1.54, 1.807) is 18.2 Å². The summed E-state index contributed by atoms with van der Waals surface area (Å²) in [6.07, 6.45) is -4.17. The molecule has 2 atom stereocenters. The van der Waals surface area contributed by atoms with Crippen molar-refractivity contribution in [3.05, 3.63) is 46.0 Å². The third-order valence-electron chi connectivity index (χ3n) is 1.60. The van der Waals surface area contributed by atoms with Crippen molar-refractivity contribution >= 4 is 0 Å². The third kappa shape index (κ3) is 2.22. The quantitative estimate of drug-likeness (QED) is 0.438. The largest absolute Gasteiger partial charge is 0.379 e. The van der Waals surface area contributed by atoms with Crippen LogP contribution in [0.2, 0.25) is 0 Å². The van der Waals surface area contributed by atoms with E-state index in [4.69, 9.17) is 5.11 Å². The van der Waals surface area contributed by atoms with Crippen molar-refractivity contribution in [2.24, 2.45) is 0 Å². The summed E-state index contributed by atoms with van der Waals surface area (Å²) in [5, 5.41) is 19.1. The summed E-state index contributed by atoms with van der Waals surface area (Å²) >= 11 is 0. The molecule has 0 heterocycles. The highest BCUT2D eigenvalue weighted by Crippen LogP contribution is 2.18. The van der Waals surface area contributed by atoms with Gasteiger partial charge in [-0.25, -0.2) is 0 Å². The summed E-state index contributed by atoms with van der Waals surface area (Å²) in [7, 11) is 0. The van der Waals surface area contributed by atoms with E-state index >= 15 is 0 Å². The first kappa shape index (κ1) is 9.60. The highest BCUT2D eigenvalue weighted by atomic mass is 19.1. The zero-order valence-electron chi connectivity index (χ0n) is 6.63. The van der Waals surface area contributed by atoms with Crippen LogP contribution in [0.5, 0.6) is 0 Å².